The Morgan fingerprint density at radius 1 is 1.40 bits per heavy atom. The highest BCUT2D eigenvalue weighted by atomic mass is 16.5. The summed E-state index contributed by atoms with van der Waals surface area (Å²) >= 11 is 0. The van der Waals surface area contributed by atoms with E-state index in [0.29, 0.717) is 13.2 Å². The molecular weight excluding hydrogens is 192 g/mol. The molecule has 4 nitrogen and oxygen atoms in total. The first kappa shape index (κ1) is 10.4. The van der Waals surface area contributed by atoms with Crippen LogP contribution in [0.2, 0.25) is 0 Å². The summed E-state index contributed by atoms with van der Waals surface area (Å²) in [5.41, 5.74) is 0. The molecule has 1 aliphatic heterocycles. The number of hydrazine groups is 1. The Morgan fingerprint density at radius 3 is 2.93 bits per heavy atom. The number of nitrogens with two attached hydrogens (primary N) is 1. The maximum atomic E-state index is 5.69. The molecule has 0 radical (unpaired) electrons. The van der Waals surface area contributed by atoms with Crippen molar-refractivity contribution in [1.82, 2.24) is 5.01 Å². The number of hydrogen-bond acceptors (Lipinski definition) is 4. The highest BCUT2D eigenvalue weighted by Crippen LogP contribution is 2.10. The van der Waals surface area contributed by atoms with Crippen LogP contribution < -0.4 is 10.6 Å². The van der Waals surface area contributed by atoms with Crippen LogP contribution in [-0.2, 0) is 4.74 Å². The molecule has 1 saturated heterocycles. The fourth-order valence-corrected chi connectivity index (χ4v) is 1.55. The third-order valence-corrected chi connectivity index (χ3v) is 2.35. The number of para-hydroxylation sites is 1. The number of benzene rings is 1. The van der Waals surface area contributed by atoms with Gasteiger partial charge in [0.25, 0.3) is 0 Å². The lowest BCUT2D eigenvalue weighted by atomic mass is 10.3. The lowest BCUT2D eigenvalue weighted by Crippen LogP contribution is -2.48. The predicted octanol–water partition coefficient (Wildman–Crippen LogP) is 0.640. The summed E-state index contributed by atoms with van der Waals surface area (Å²) in [4.78, 5) is 0. The van der Waals surface area contributed by atoms with Crippen LogP contribution in [0.1, 0.15) is 0 Å². The SMILES string of the molecule is NN1CCOC(COc2ccccc2)C1. The molecule has 1 aromatic carbocycles. The van der Waals surface area contributed by atoms with Gasteiger partial charge < -0.3 is 9.47 Å². The summed E-state index contributed by atoms with van der Waals surface area (Å²) in [6.45, 7) is 2.76. The van der Waals surface area contributed by atoms with Crippen molar-refractivity contribution < 1.29 is 9.47 Å². The summed E-state index contributed by atoms with van der Waals surface area (Å²) in [5.74, 6) is 6.56. The molecule has 1 fully saturated rings. The van der Waals surface area contributed by atoms with Crippen molar-refractivity contribution in [3.63, 3.8) is 0 Å². The van der Waals surface area contributed by atoms with E-state index in [1.807, 2.05) is 30.3 Å². The van der Waals surface area contributed by atoms with Gasteiger partial charge in [-0.1, -0.05) is 18.2 Å². The van der Waals surface area contributed by atoms with E-state index in [2.05, 4.69) is 0 Å². The maximum Gasteiger partial charge on any atom is 0.119 e. The summed E-state index contributed by atoms with van der Waals surface area (Å²) in [5, 5.41) is 1.77. The first-order valence-corrected chi connectivity index (χ1v) is 5.14. The van der Waals surface area contributed by atoms with Crippen molar-refractivity contribution in [2.45, 2.75) is 6.10 Å². The quantitative estimate of drug-likeness (QED) is 0.740. The molecule has 1 heterocycles. The lowest BCUT2D eigenvalue weighted by Gasteiger charge is -2.29. The van der Waals surface area contributed by atoms with Crippen LogP contribution in [0.4, 0.5) is 0 Å². The highest BCUT2D eigenvalue weighted by molar-refractivity contribution is 5.20. The van der Waals surface area contributed by atoms with Gasteiger partial charge in [0.2, 0.25) is 0 Å². The van der Waals surface area contributed by atoms with E-state index in [1.165, 1.54) is 0 Å². The summed E-state index contributed by atoms with van der Waals surface area (Å²) in [6, 6.07) is 9.73. The number of rotatable bonds is 3. The molecule has 82 valence electrons. The van der Waals surface area contributed by atoms with E-state index < -0.39 is 0 Å². The number of morpholine rings is 1. The zero-order valence-electron chi connectivity index (χ0n) is 8.63. The average molecular weight is 208 g/mol. The molecule has 1 atom stereocenters. The van der Waals surface area contributed by atoms with Crippen LogP contribution in [0.5, 0.6) is 5.75 Å². The fraction of sp³-hybridized carbons (Fsp3) is 0.455. The molecule has 0 aliphatic carbocycles. The molecule has 1 aromatic rings. The third-order valence-electron chi connectivity index (χ3n) is 2.35. The van der Waals surface area contributed by atoms with Crippen molar-refractivity contribution in [2.75, 3.05) is 26.3 Å². The van der Waals surface area contributed by atoms with Gasteiger partial charge in [-0.25, -0.2) is 5.01 Å². The Bertz CT molecular complexity index is 292. The molecular formula is C11H16N2O2. The van der Waals surface area contributed by atoms with Crippen molar-refractivity contribution >= 4 is 0 Å². The topological polar surface area (TPSA) is 47.7 Å². The van der Waals surface area contributed by atoms with E-state index in [4.69, 9.17) is 15.3 Å². The molecule has 0 aromatic heterocycles. The van der Waals surface area contributed by atoms with Gasteiger partial charge in [0.15, 0.2) is 0 Å². The minimum absolute atomic E-state index is 0.0731. The Morgan fingerprint density at radius 2 is 2.20 bits per heavy atom. The molecule has 2 rings (SSSR count). The van der Waals surface area contributed by atoms with E-state index in [1.54, 1.807) is 5.01 Å². The van der Waals surface area contributed by atoms with Crippen LogP contribution in [0.3, 0.4) is 0 Å². The molecule has 0 saturated carbocycles. The van der Waals surface area contributed by atoms with Gasteiger partial charge in [-0.3, -0.25) is 5.84 Å². The number of ether oxygens (including phenoxy) is 2. The van der Waals surface area contributed by atoms with E-state index in [0.717, 1.165) is 18.8 Å². The molecule has 0 amide bonds. The Hall–Kier alpha value is -1.10. The monoisotopic (exact) mass is 208 g/mol. The molecule has 1 unspecified atom stereocenters. The summed E-state index contributed by atoms with van der Waals surface area (Å²) in [6.07, 6.45) is 0.0731. The van der Waals surface area contributed by atoms with Crippen molar-refractivity contribution in [3.05, 3.63) is 30.3 Å². The second-order valence-corrected chi connectivity index (χ2v) is 3.61. The number of hydrogen-bond donors (Lipinski definition) is 1. The van der Waals surface area contributed by atoms with E-state index >= 15 is 0 Å². The van der Waals surface area contributed by atoms with E-state index in [9.17, 15) is 0 Å². The Labute approximate surface area is 89.5 Å². The minimum Gasteiger partial charge on any atom is -0.491 e. The van der Waals surface area contributed by atoms with Gasteiger partial charge in [-0.15, -0.1) is 0 Å². The van der Waals surface area contributed by atoms with Gasteiger partial charge in [0.1, 0.15) is 18.5 Å². The highest BCUT2D eigenvalue weighted by Gasteiger charge is 2.18. The van der Waals surface area contributed by atoms with Gasteiger partial charge in [0, 0.05) is 13.1 Å². The van der Waals surface area contributed by atoms with Crippen molar-refractivity contribution in [3.8, 4) is 5.75 Å². The van der Waals surface area contributed by atoms with Crippen molar-refractivity contribution in [1.29, 1.82) is 0 Å². The molecule has 1 aliphatic rings. The zero-order valence-corrected chi connectivity index (χ0v) is 8.63. The van der Waals surface area contributed by atoms with Crippen LogP contribution in [0, 0.1) is 0 Å². The van der Waals surface area contributed by atoms with Crippen LogP contribution in [0.25, 0.3) is 0 Å². The van der Waals surface area contributed by atoms with Gasteiger partial charge in [0.05, 0.1) is 6.61 Å². The smallest absolute Gasteiger partial charge is 0.119 e. The van der Waals surface area contributed by atoms with Gasteiger partial charge in [-0.05, 0) is 12.1 Å². The molecule has 0 spiro atoms. The first-order chi connectivity index (χ1) is 7.34. The third kappa shape index (κ3) is 3.20. The van der Waals surface area contributed by atoms with Crippen LogP contribution in [0.15, 0.2) is 30.3 Å². The summed E-state index contributed by atoms with van der Waals surface area (Å²) < 4.78 is 11.1. The zero-order chi connectivity index (χ0) is 10.5. The molecule has 2 N–H and O–H groups in total. The Kier molecular flexibility index (Phi) is 3.55. The number of nitrogens with zero attached hydrogens (tertiary/aromatic N) is 1. The van der Waals surface area contributed by atoms with Gasteiger partial charge >= 0.3 is 0 Å². The average Bonchev–Trinajstić information content (AvgIpc) is 2.28. The van der Waals surface area contributed by atoms with E-state index in [-0.39, 0.29) is 6.10 Å². The maximum absolute atomic E-state index is 5.69. The van der Waals surface area contributed by atoms with Crippen molar-refractivity contribution in [2.24, 2.45) is 5.84 Å². The minimum atomic E-state index is 0.0731. The fourth-order valence-electron chi connectivity index (χ4n) is 1.55. The predicted molar refractivity (Wildman–Crippen MR) is 57.4 cm³/mol. The molecule has 4 heteroatoms. The Balaban J connectivity index is 1.78. The van der Waals surface area contributed by atoms with Crippen LogP contribution in [-0.4, -0.2) is 37.4 Å². The summed E-state index contributed by atoms with van der Waals surface area (Å²) in [7, 11) is 0. The van der Waals surface area contributed by atoms with Crippen LogP contribution >= 0.6 is 0 Å². The standard InChI is InChI=1S/C11H16N2O2/c12-13-6-7-14-11(8-13)9-15-10-4-2-1-3-5-10/h1-5,11H,6-9,12H2. The van der Waals surface area contributed by atoms with Gasteiger partial charge in [-0.2, -0.15) is 0 Å². The largest absolute Gasteiger partial charge is 0.491 e. The lowest BCUT2D eigenvalue weighted by molar-refractivity contribution is -0.0483. The first-order valence-electron chi connectivity index (χ1n) is 5.14. The second kappa shape index (κ2) is 5.11. The second-order valence-electron chi connectivity index (χ2n) is 3.61. The molecule has 15 heavy (non-hydrogen) atoms. The molecule has 0 bridgehead atoms. The normalized spacial score (nSPS) is 22.6.